The highest BCUT2D eigenvalue weighted by molar-refractivity contribution is 7.10. The monoisotopic (exact) mass is 251 g/mol. The molecule has 2 heterocycles. The lowest BCUT2D eigenvalue weighted by Crippen LogP contribution is -2.20. The van der Waals surface area contributed by atoms with Crippen LogP contribution in [0.4, 0.5) is 0 Å². The summed E-state index contributed by atoms with van der Waals surface area (Å²) in [5.74, 6) is 0. The molecule has 0 aliphatic rings. The minimum atomic E-state index is -0.424. The van der Waals surface area contributed by atoms with Crippen LogP contribution in [0.25, 0.3) is 0 Å². The molecule has 0 bridgehead atoms. The lowest BCUT2D eigenvalue weighted by Gasteiger charge is -2.09. The average Bonchev–Trinajstić information content (AvgIpc) is 2.93. The highest BCUT2D eigenvalue weighted by atomic mass is 32.1. The Kier molecular flexibility index (Phi) is 3.93. The maximum Gasteiger partial charge on any atom is 0.101 e. The minimum Gasteiger partial charge on any atom is -0.386 e. The molecule has 0 saturated carbocycles. The summed E-state index contributed by atoms with van der Waals surface area (Å²) < 4.78 is 1.85. The summed E-state index contributed by atoms with van der Waals surface area (Å²) in [6.45, 7) is 3.34. The van der Waals surface area contributed by atoms with Crippen LogP contribution < -0.4 is 5.32 Å². The number of aliphatic hydroxyl groups excluding tert-OH is 1. The van der Waals surface area contributed by atoms with E-state index in [1.807, 2.05) is 42.4 Å². The normalized spacial score (nSPS) is 12.9. The first-order valence-corrected chi connectivity index (χ1v) is 6.46. The summed E-state index contributed by atoms with van der Waals surface area (Å²) in [5, 5.41) is 19.3. The van der Waals surface area contributed by atoms with Crippen molar-refractivity contribution < 1.29 is 5.11 Å². The highest BCUT2D eigenvalue weighted by Gasteiger charge is 2.08. The summed E-state index contributed by atoms with van der Waals surface area (Å²) in [4.78, 5) is 1.00. The van der Waals surface area contributed by atoms with Gasteiger partial charge >= 0.3 is 0 Å². The molecule has 2 aromatic rings. The lowest BCUT2D eigenvalue weighted by atomic mass is 10.2. The van der Waals surface area contributed by atoms with E-state index in [1.54, 1.807) is 11.3 Å². The number of hydrogen-bond donors (Lipinski definition) is 2. The van der Waals surface area contributed by atoms with E-state index < -0.39 is 6.10 Å². The van der Waals surface area contributed by atoms with E-state index in [0.717, 1.165) is 17.1 Å². The molecule has 92 valence electrons. The third-order valence-corrected chi connectivity index (χ3v) is 3.84. The van der Waals surface area contributed by atoms with Crippen molar-refractivity contribution in [3.8, 4) is 0 Å². The molecule has 0 radical (unpaired) electrons. The zero-order valence-corrected chi connectivity index (χ0v) is 10.9. The van der Waals surface area contributed by atoms with Gasteiger partial charge in [0.05, 0.1) is 6.20 Å². The highest BCUT2D eigenvalue weighted by Crippen LogP contribution is 2.17. The average molecular weight is 251 g/mol. The lowest BCUT2D eigenvalue weighted by molar-refractivity contribution is 0.178. The van der Waals surface area contributed by atoms with Gasteiger partial charge in [0.1, 0.15) is 6.10 Å². The van der Waals surface area contributed by atoms with Crippen LogP contribution in [0.15, 0.2) is 23.7 Å². The van der Waals surface area contributed by atoms with Crippen LogP contribution in [-0.2, 0) is 13.6 Å². The fourth-order valence-corrected chi connectivity index (χ4v) is 2.35. The van der Waals surface area contributed by atoms with Crippen LogP contribution in [0.2, 0.25) is 0 Å². The number of thiophene rings is 1. The molecule has 0 aromatic carbocycles. The quantitative estimate of drug-likeness (QED) is 0.849. The largest absolute Gasteiger partial charge is 0.386 e. The summed E-state index contributed by atoms with van der Waals surface area (Å²) in [6.07, 6.45) is 1.44. The molecule has 0 aliphatic heterocycles. The van der Waals surface area contributed by atoms with Gasteiger partial charge in [-0.15, -0.1) is 11.3 Å². The van der Waals surface area contributed by atoms with Crippen LogP contribution in [0.5, 0.6) is 0 Å². The fraction of sp³-hybridized carbons (Fsp3) is 0.417. The smallest absolute Gasteiger partial charge is 0.101 e. The van der Waals surface area contributed by atoms with Crippen LogP contribution in [-0.4, -0.2) is 21.4 Å². The Labute approximate surface area is 105 Å². The molecule has 1 unspecified atom stereocenters. The molecule has 0 spiro atoms. The molecule has 4 nitrogen and oxygen atoms in total. The summed E-state index contributed by atoms with van der Waals surface area (Å²) in [5.41, 5.74) is 2.33. The molecular formula is C12H17N3OS. The second kappa shape index (κ2) is 5.44. The first-order valence-electron chi connectivity index (χ1n) is 5.58. The third kappa shape index (κ3) is 2.94. The number of nitrogens with zero attached hydrogens (tertiary/aromatic N) is 2. The fourth-order valence-electron chi connectivity index (χ4n) is 1.64. The molecule has 5 heteroatoms. The Morgan fingerprint density at radius 3 is 3.00 bits per heavy atom. The zero-order valence-electron chi connectivity index (χ0n) is 10.1. The van der Waals surface area contributed by atoms with E-state index in [1.165, 1.54) is 5.56 Å². The van der Waals surface area contributed by atoms with Gasteiger partial charge in [-0.3, -0.25) is 4.68 Å². The molecule has 0 amide bonds. The standard InChI is InChI=1S/C12H17N3OS/c1-9-10(7-14-15(9)2)6-13-8-11(16)12-4-3-5-17-12/h3-5,7,11,13,16H,6,8H2,1-2H3. The predicted molar refractivity (Wildman–Crippen MR) is 68.9 cm³/mol. The van der Waals surface area contributed by atoms with Crippen molar-refractivity contribution in [3.05, 3.63) is 39.8 Å². The van der Waals surface area contributed by atoms with Crippen LogP contribution in [0.3, 0.4) is 0 Å². The molecule has 0 fully saturated rings. The van der Waals surface area contributed by atoms with Crippen LogP contribution in [0, 0.1) is 6.92 Å². The number of aryl methyl sites for hydroxylation is 1. The Morgan fingerprint density at radius 2 is 2.41 bits per heavy atom. The third-order valence-electron chi connectivity index (χ3n) is 2.86. The zero-order chi connectivity index (χ0) is 12.3. The second-order valence-electron chi connectivity index (χ2n) is 4.04. The van der Waals surface area contributed by atoms with Gasteiger partial charge in [-0.25, -0.2) is 0 Å². The Hall–Kier alpha value is -1.17. The number of aliphatic hydroxyl groups is 1. The number of nitrogens with one attached hydrogen (secondary N) is 1. The van der Waals surface area contributed by atoms with Gasteiger partial charge in [-0.1, -0.05) is 6.07 Å². The molecule has 17 heavy (non-hydrogen) atoms. The Balaban J connectivity index is 1.82. The molecule has 0 aliphatic carbocycles. The van der Waals surface area contributed by atoms with Gasteiger partial charge in [0.15, 0.2) is 0 Å². The van der Waals surface area contributed by atoms with E-state index in [-0.39, 0.29) is 0 Å². The van der Waals surface area contributed by atoms with Crippen molar-refractivity contribution in [2.45, 2.75) is 19.6 Å². The maximum absolute atomic E-state index is 9.89. The summed E-state index contributed by atoms with van der Waals surface area (Å²) in [7, 11) is 1.93. The van der Waals surface area contributed by atoms with E-state index in [9.17, 15) is 5.11 Å². The SMILES string of the molecule is Cc1c(CNCC(O)c2cccs2)cnn1C. The molecule has 2 rings (SSSR count). The van der Waals surface area contributed by atoms with E-state index in [0.29, 0.717) is 6.54 Å². The van der Waals surface area contributed by atoms with Crippen molar-refractivity contribution in [2.24, 2.45) is 7.05 Å². The molecular weight excluding hydrogens is 234 g/mol. The second-order valence-corrected chi connectivity index (χ2v) is 5.02. The molecule has 2 aromatic heterocycles. The van der Waals surface area contributed by atoms with Gasteiger partial charge in [0, 0.05) is 36.3 Å². The van der Waals surface area contributed by atoms with E-state index in [2.05, 4.69) is 10.4 Å². The van der Waals surface area contributed by atoms with Crippen molar-refractivity contribution in [2.75, 3.05) is 6.54 Å². The van der Waals surface area contributed by atoms with E-state index in [4.69, 9.17) is 0 Å². The van der Waals surface area contributed by atoms with Gasteiger partial charge in [0.25, 0.3) is 0 Å². The Morgan fingerprint density at radius 1 is 1.59 bits per heavy atom. The summed E-state index contributed by atoms with van der Waals surface area (Å²) >= 11 is 1.58. The van der Waals surface area contributed by atoms with Gasteiger partial charge in [-0.05, 0) is 18.4 Å². The molecule has 2 N–H and O–H groups in total. The van der Waals surface area contributed by atoms with Gasteiger partial charge < -0.3 is 10.4 Å². The van der Waals surface area contributed by atoms with Crippen LogP contribution >= 0.6 is 11.3 Å². The summed E-state index contributed by atoms with van der Waals surface area (Å²) in [6, 6.07) is 3.90. The van der Waals surface area contributed by atoms with Crippen LogP contribution in [0.1, 0.15) is 22.2 Å². The van der Waals surface area contributed by atoms with Crippen molar-refractivity contribution in [3.63, 3.8) is 0 Å². The first kappa shape index (κ1) is 12.3. The van der Waals surface area contributed by atoms with Gasteiger partial charge in [-0.2, -0.15) is 5.10 Å². The number of hydrogen-bond acceptors (Lipinski definition) is 4. The van der Waals surface area contributed by atoms with Crippen molar-refractivity contribution in [1.29, 1.82) is 0 Å². The molecule has 1 atom stereocenters. The van der Waals surface area contributed by atoms with Gasteiger partial charge in [0.2, 0.25) is 0 Å². The number of rotatable bonds is 5. The topological polar surface area (TPSA) is 50.1 Å². The first-order chi connectivity index (χ1) is 8.18. The van der Waals surface area contributed by atoms with Crippen molar-refractivity contribution in [1.82, 2.24) is 15.1 Å². The van der Waals surface area contributed by atoms with Crippen molar-refractivity contribution >= 4 is 11.3 Å². The Bertz CT molecular complexity index is 464. The molecule has 0 saturated heterocycles. The number of aromatic nitrogens is 2. The maximum atomic E-state index is 9.89. The van der Waals surface area contributed by atoms with E-state index >= 15 is 0 Å². The predicted octanol–water partition coefficient (Wildman–Crippen LogP) is 1.61. The minimum absolute atomic E-state index is 0.424.